The predicted octanol–water partition coefficient (Wildman–Crippen LogP) is 6.61. The van der Waals surface area contributed by atoms with Crippen molar-refractivity contribution in [3.8, 4) is 11.3 Å². The molecule has 1 aromatic heterocycles. The lowest BCUT2D eigenvalue weighted by Gasteiger charge is -2.33. The van der Waals surface area contributed by atoms with Gasteiger partial charge >= 0.3 is 5.97 Å². The lowest BCUT2D eigenvalue weighted by atomic mass is 9.81. The van der Waals surface area contributed by atoms with Gasteiger partial charge in [0.1, 0.15) is 0 Å². The summed E-state index contributed by atoms with van der Waals surface area (Å²) >= 11 is 0. The van der Waals surface area contributed by atoms with E-state index in [1.807, 2.05) is 6.07 Å². The number of aromatic nitrogens is 1. The van der Waals surface area contributed by atoms with E-state index in [0.29, 0.717) is 11.5 Å². The highest BCUT2D eigenvalue weighted by Gasteiger charge is 2.30. The average molecular weight is 486 g/mol. The summed E-state index contributed by atoms with van der Waals surface area (Å²) in [6.45, 7) is 8.77. The fourth-order valence-electron chi connectivity index (χ4n) is 6.91. The Hall–Kier alpha value is -2.79. The van der Waals surface area contributed by atoms with Crippen LogP contribution >= 0.6 is 0 Å². The highest BCUT2D eigenvalue weighted by atomic mass is 16.4. The van der Waals surface area contributed by atoms with Gasteiger partial charge in [-0.3, -0.25) is 0 Å². The second-order valence-electron chi connectivity index (χ2n) is 11.3. The quantitative estimate of drug-likeness (QED) is 0.442. The van der Waals surface area contributed by atoms with E-state index in [4.69, 9.17) is 0 Å². The third kappa shape index (κ3) is 4.32. The number of carbonyl (C=O) groups is 1. The largest absolute Gasteiger partial charge is 0.478 e. The fraction of sp³-hybridized carbons (Fsp3) is 0.516. The molecular weight excluding hydrogens is 446 g/mol. The molecule has 2 aromatic carbocycles. The molecule has 5 nitrogen and oxygen atoms in total. The molecule has 0 radical (unpaired) electrons. The number of nitrogens with zero attached hydrogens (tertiary/aromatic N) is 3. The van der Waals surface area contributed by atoms with Crippen molar-refractivity contribution in [1.29, 1.82) is 0 Å². The van der Waals surface area contributed by atoms with E-state index in [2.05, 4.69) is 51.6 Å². The van der Waals surface area contributed by atoms with Crippen molar-refractivity contribution in [2.75, 3.05) is 37.6 Å². The summed E-state index contributed by atoms with van der Waals surface area (Å²) in [5, 5.41) is 11.0. The number of likely N-dealkylation sites (tertiary alicyclic amines) is 1. The number of benzene rings is 2. The Kier molecular flexibility index (Phi) is 6.51. The van der Waals surface area contributed by atoms with Gasteiger partial charge in [-0.15, -0.1) is 0 Å². The molecule has 5 heteroatoms. The molecule has 1 saturated heterocycles. The molecule has 1 saturated carbocycles. The van der Waals surface area contributed by atoms with Crippen LogP contribution in [0.5, 0.6) is 0 Å². The third-order valence-electron chi connectivity index (χ3n) is 9.02. The van der Waals surface area contributed by atoms with Crippen LogP contribution in [0.2, 0.25) is 0 Å². The number of hydrogen-bond donors (Lipinski definition) is 1. The van der Waals surface area contributed by atoms with Gasteiger partial charge in [-0.1, -0.05) is 50.5 Å². The molecule has 6 rings (SSSR count). The number of aromatic carboxylic acids is 1. The van der Waals surface area contributed by atoms with Gasteiger partial charge in [-0.25, -0.2) is 4.79 Å². The Bertz CT molecular complexity index is 1250. The van der Waals surface area contributed by atoms with Crippen LogP contribution in [-0.2, 0) is 6.54 Å². The summed E-state index contributed by atoms with van der Waals surface area (Å²) in [6.07, 6.45) is 8.97. The van der Waals surface area contributed by atoms with Crippen molar-refractivity contribution < 1.29 is 9.90 Å². The number of hydrogen-bond acceptors (Lipinski definition) is 3. The van der Waals surface area contributed by atoms with E-state index >= 15 is 0 Å². The lowest BCUT2D eigenvalue weighted by molar-refractivity contribution is 0.0697. The highest BCUT2D eigenvalue weighted by molar-refractivity contribution is 5.99. The van der Waals surface area contributed by atoms with Gasteiger partial charge in [-0.05, 0) is 74.4 Å². The van der Waals surface area contributed by atoms with Crippen molar-refractivity contribution >= 4 is 22.6 Å². The topological polar surface area (TPSA) is 48.7 Å². The fourth-order valence-corrected chi connectivity index (χ4v) is 6.91. The van der Waals surface area contributed by atoms with Gasteiger partial charge in [0.25, 0.3) is 0 Å². The van der Waals surface area contributed by atoms with E-state index in [1.54, 1.807) is 6.07 Å². The zero-order valence-corrected chi connectivity index (χ0v) is 21.6. The summed E-state index contributed by atoms with van der Waals surface area (Å²) in [6, 6.07) is 14.7. The van der Waals surface area contributed by atoms with Gasteiger partial charge in [0.05, 0.1) is 11.3 Å². The number of anilines is 1. The Balaban J connectivity index is 1.43. The molecule has 0 bridgehead atoms. The van der Waals surface area contributed by atoms with Crippen molar-refractivity contribution in [3.05, 3.63) is 53.6 Å². The standard InChI is InChI=1S/C31H39N3O2/c1-22-13-15-32(16-14-22)17-18-33-19-20-34-28-21-24(31(35)36)11-12-25(28)29(23-7-3-2-4-8-23)30(34)26-9-5-6-10-27(26)33/h5-6,9-12,21-23H,2-4,7-8,13-20H2,1H3,(H,35,36). The Morgan fingerprint density at radius 3 is 2.47 bits per heavy atom. The van der Waals surface area contributed by atoms with E-state index in [0.717, 1.165) is 37.6 Å². The second-order valence-corrected chi connectivity index (χ2v) is 11.3. The maximum absolute atomic E-state index is 11.9. The molecule has 3 aliphatic rings. The zero-order valence-electron chi connectivity index (χ0n) is 21.6. The molecule has 0 unspecified atom stereocenters. The first-order valence-corrected chi connectivity index (χ1v) is 14.1. The Morgan fingerprint density at radius 2 is 1.69 bits per heavy atom. The van der Waals surface area contributed by atoms with Crippen LogP contribution in [0.4, 0.5) is 5.69 Å². The van der Waals surface area contributed by atoms with Crippen molar-refractivity contribution in [1.82, 2.24) is 9.47 Å². The number of fused-ring (bicyclic) bond motifs is 5. The molecular formula is C31H39N3O2. The van der Waals surface area contributed by atoms with Gasteiger partial charge in [0.15, 0.2) is 0 Å². The first-order valence-electron chi connectivity index (χ1n) is 14.1. The first kappa shape index (κ1) is 23.6. The number of piperidine rings is 1. The Morgan fingerprint density at radius 1 is 0.917 bits per heavy atom. The number of carboxylic acids is 1. The van der Waals surface area contributed by atoms with E-state index in [1.165, 1.54) is 85.9 Å². The normalized spacial score (nSPS) is 19.8. The smallest absolute Gasteiger partial charge is 0.335 e. The summed E-state index contributed by atoms with van der Waals surface area (Å²) in [5.74, 6) is 0.550. The van der Waals surface area contributed by atoms with Gasteiger partial charge in [0, 0.05) is 48.3 Å². The molecule has 0 amide bonds. The summed E-state index contributed by atoms with van der Waals surface area (Å²) in [4.78, 5) is 17.1. The Labute approximate surface area is 214 Å². The molecule has 2 fully saturated rings. The molecule has 2 aliphatic heterocycles. The van der Waals surface area contributed by atoms with Crippen LogP contribution in [0.1, 0.15) is 73.7 Å². The van der Waals surface area contributed by atoms with Crippen molar-refractivity contribution in [3.63, 3.8) is 0 Å². The van der Waals surface area contributed by atoms with Crippen LogP contribution in [0.25, 0.3) is 22.2 Å². The lowest BCUT2D eigenvalue weighted by Crippen LogP contribution is -2.40. The minimum absolute atomic E-state index is 0.381. The molecule has 3 heterocycles. The highest BCUT2D eigenvalue weighted by Crippen LogP contribution is 2.47. The van der Waals surface area contributed by atoms with E-state index in [-0.39, 0.29) is 0 Å². The molecule has 36 heavy (non-hydrogen) atoms. The van der Waals surface area contributed by atoms with Crippen LogP contribution < -0.4 is 4.90 Å². The molecule has 3 aromatic rings. The second kappa shape index (κ2) is 9.93. The van der Waals surface area contributed by atoms with Gasteiger partial charge in [-0.2, -0.15) is 0 Å². The van der Waals surface area contributed by atoms with Crippen LogP contribution in [0.15, 0.2) is 42.5 Å². The zero-order chi connectivity index (χ0) is 24.6. The van der Waals surface area contributed by atoms with Crippen LogP contribution in [0.3, 0.4) is 0 Å². The molecule has 190 valence electrons. The first-order chi connectivity index (χ1) is 17.6. The monoisotopic (exact) mass is 485 g/mol. The molecule has 0 atom stereocenters. The molecule has 1 N–H and O–H groups in total. The average Bonchev–Trinajstić information content (AvgIpc) is 3.14. The van der Waals surface area contributed by atoms with Gasteiger partial charge in [0.2, 0.25) is 0 Å². The van der Waals surface area contributed by atoms with Crippen LogP contribution in [0, 0.1) is 5.92 Å². The SMILES string of the molecule is CC1CCN(CCN2CCn3c(c(C4CCCCC4)c4ccc(C(=O)O)cc43)-c3ccccc32)CC1. The maximum Gasteiger partial charge on any atom is 0.335 e. The molecule has 1 aliphatic carbocycles. The summed E-state index contributed by atoms with van der Waals surface area (Å²) < 4.78 is 2.45. The van der Waals surface area contributed by atoms with E-state index < -0.39 is 5.97 Å². The third-order valence-corrected chi connectivity index (χ3v) is 9.02. The summed E-state index contributed by atoms with van der Waals surface area (Å²) in [5.41, 5.74) is 6.92. The summed E-state index contributed by atoms with van der Waals surface area (Å²) in [7, 11) is 0. The molecule has 0 spiro atoms. The van der Waals surface area contributed by atoms with Crippen LogP contribution in [-0.4, -0.2) is 53.3 Å². The number of rotatable bonds is 5. The van der Waals surface area contributed by atoms with Crippen molar-refractivity contribution in [2.45, 2.75) is 64.3 Å². The minimum atomic E-state index is -0.849. The van der Waals surface area contributed by atoms with Crippen molar-refractivity contribution in [2.24, 2.45) is 5.92 Å². The maximum atomic E-state index is 11.9. The van der Waals surface area contributed by atoms with Gasteiger partial charge < -0.3 is 19.5 Å². The van der Waals surface area contributed by atoms with E-state index in [9.17, 15) is 9.90 Å². The minimum Gasteiger partial charge on any atom is -0.478 e. The predicted molar refractivity (Wildman–Crippen MR) is 147 cm³/mol. The number of para-hydroxylation sites is 1. The number of carboxylic acid groups (broad SMARTS) is 1.